The Labute approximate surface area is 42.8 Å². The molecule has 0 aromatic heterocycles. The second-order valence-electron chi connectivity index (χ2n) is 2.88. The molecule has 1 rings (SSSR count). The number of hydrogen-bond donors (Lipinski definition) is 2. The van der Waals surface area contributed by atoms with Crippen molar-refractivity contribution in [2.75, 3.05) is 0 Å². The van der Waals surface area contributed by atoms with Crippen LogP contribution in [-0.2, 0) is 0 Å². The zero-order valence-corrected chi connectivity index (χ0v) is 4.60. The first-order valence-corrected chi connectivity index (χ1v) is 2.40. The fraction of sp³-hybridized carbons (Fsp3) is 1.00. The van der Waals surface area contributed by atoms with Crippen LogP contribution in [0.2, 0.25) is 0 Å². The highest BCUT2D eigenvalue weighted by atomic mass is 16.5. The summed E-state index contributed by atoms with van der Waals surface area (Å²) in [7, 11) is 0. The molecule has 42 valence electrons. The van der Waals surface area contributed by atoms with Gasteiger partial charge in [0.25, 0.3) is 0 Å². The van der Waals surface area contributed by atoms with Gasteiger partial charge in [0.05, 0.1) is 0 Å². The topological polar surface area (TPSA) is 40.5 Å². The highest BCUT2D eigenvalue weighted by Gasteiger charge is 2.59. The fourth-order valence-electron chi connectivity index (χ4n) is 0.572. The average molecular weight is 102 g/mol. The summed E-state index contributed by atoms with van der Waals surface area (Å²) in [5, 5.41) is 17.4. The molecular weight excluding hydrogens is 92.1 g/mol. The summed E-state index contributed by atoms with van der Waals surface area (Å²) in [6.07, 6.45) is 0.514. The van der Waals surface area contributed by atoms with Gasteiger partial charge in [0, 0.05) is 11.8 Å². The molecule has 7 heavy (non-hydrogen) atoms. The zero-order valence-electron chi connectivity index (χ0n) is 4.60. The van der Waals surface area contributed by atoms with Gasteiger partial charge in [-0.15, -0.1) is 0 Å². The summed E-state index contributed by atoms with van der Waals surface area (Å²) in [5.41, 5.74) is -0.243. The van der Waals surface area contributed by atoms with Gasteiger partial charge in [0.1, 0.15) is 0 Å². The second-order valence-corrected chi connectivity index (χ2v) is 2.88. The molecule has 0 radical (unpaired) electrons. The maximum atomic E-state index is 8.72. The van der Waals surface area contributed by atoms with Crippen molar-refractivity contribution in [2.24, 2.45) is 5.41 Å². The molecule has 0 unspecified atom stereocenters. The van der Waals surface area contributed by atoms with Crippen molar-refractivity contribution in [3.05, 3.63) is 0 Å². The van der Waals surface area contributed by atoms with Crippen LogP contribution < -0.4 is 0 Å². The van der Waals surface area contributed by atoms with E-state index in [4.69, 9.17) is 10.2 Å². The lowest BCUT2D eigenvalue weighted by atomic mass is 10.2. The van der Waals surface area contributed by atoms with Crippen molar-refractivity contribution >= 4 is 0 Å². The van der Waals surface area contributed by atoms with E-state index in [0.717, 1.165) is 0 Å². The predicted octanol–water partition coefficient (Wildman–Crippen LogP) is 0.0972. The Kier molecular flexibility index (Phi) is 0.621. The molecule has 0 amide bonds. The van der Waals surface area contributed by atoms with Crippen LogP contribution in [0.1, 0.15) is 20.3 Å². The molecule has 1 fully saturated rings. The molecule has 0 saturated heterocycles. The molecule has 0 spiro atoms. The van der Waals surface area contributed by atoms with Crippen LogP contribution in [0.25, 0.3) is 0 Å². The van der Waals surface area contributed by atoms with E-state index in [9.17, 15) is 0 Å². The van der Waals surface area contributed by atoms with Gasteiger partial charge in [-0.25, -0.2) is 0 Å². The van der Waals surface area contributed by atoms with E-state index in [1.54, 1.807) is 0 Å². The van der Waals surface area contributed by atoms with Gasteiger partial charge in [0.2, 0.25) is 0 Å². The lowest BCUT2D eigenvalue weighted by molar-refractivity contribution is -0.0969. The number of aliphatic hydroxyl groups is 2. The molecule has 1 aliphatic rings. The van der Waals surface area contributed by atoms with Crippen LogP contribution in [0, 0.1) is 5.41 Å². The Hall–Kier alpha value is -0.0800. The predicted molar refractivity (Wildman–Crippen MR) is 25.6 cm³/mol. The normalized spacial score (nSPS) is 32.6. The van der Waals surface area contributed by atoms with Crippen LogP contribution in [0.15, 0.2) is 0 Å². The third-order valence-electron chi connectivity index (χ3n) is 1.65. The third kappa shape index (κ3) is 0.545. The van der Waals surface area contributed by atoms with Crippen molar-refractivity contribution in [3.63, 3.8) is 0 Å². The lowest BCUT2D eigenvalue weighted by Crippen LogP contribution is -2.12. The molecule has 0 heterocycles. The minimum atomic E-state index is -1.35. The van der Waals surface area contributed by atoms with Gasteiger partial charge < -0.3 is 10.2 Å². The summed E-state index contributed by atoms with van der Waals surface area (Å²) in [6.45, 7) is 3.65. The van der Waals surface area contributed by atoms with Crippen LogP contribution in [0.3, 0.4) is 0 Å². The van der Waals surface area contributed by atoms with Gasteiger partial charge in [-0.1, -0.05) is 13.8 Å². The molecule has 1 aliphatic carbocycles. The van der Waals surface area contributed by atoms with Crippen LogP contribution >= 0.6 is 0 Å². The smallest absolute Gasteiger partial charge is 0.168 e. The summed E-state index contributed by atoms with van der Waals surface area (Å²) in [4.78, 5) is 0. The van der Waals surface area contributed by atoms with Crippen LogP contribution in [0.5, 0.6) is 0 Å². The van der Waals surface area contributed by atoms with Crippen molar-refractivity contribution < 1.29 is 10.2 Å². The lowest BCUT2D eigenvalue weighted by Gasteiger charge is -2.02. The van der Waals surface area contributed by atoms with E-state index in [1.807, 2.05) is 13.8 Å². The van der Waals surface area contributed by atoms with Gasteiger partial charge in [-0.3, -0.25) is 0 Å². The summed E-state index contributed by atoms with van der Waals surface area (Å²) in [5.74, 6) is -1.35. The van der Waals surface area contributed by atoms with Gasteiger partial charge in [-0.2, -0.15) is 0 Å². The monoisotopic (exact) mass is 102 g/mol. The Morgan fingerprint density at radius 1 is 1.29 bits per heavy atom. The minimum absolute atomic E-state index is 0.243. The zero-order chi connectivity index (χ0) is 5.71. The fourth-order valence-corrected chi connectivity index (χ4v) is 0.572. The van der Waals surface area contributed by atoms with E-state index < -0.39 is 5.79 Å². The molecule has 1 saturated carbocycles. The molecule has 0 aromatic rings. The number of rotatable bonds is 0. The molecule has 0 aromatic carbocycles. The standard InChI is InChI=1S/C5H10O2/c1-4(2)3-5(4,6)7/h6-7H,3H2,1-2H3. The van der Waals surface area contributed by atoms with E-state index in [0.29, 0.717) is 6.42 Å². The summed E-state index contributed by atoms with van der Waals surface area (Å²) >= 11 is 0. The Morgan fingerprint density at radius 3 is 1.43 bits per heavy atom. The third-order valence-corrected chi connectivity index (χ3v) is 1.65. The Morgan fingerprint density at radius 2 is 1.43 bits per heavy atom. The van der Waals surface area contributed by atoms with Crippen molar-refractivity contribution in [3.8, 4) is 0 Å². The van der Waals surface area contributed by atoms with E-state index in [1.165, 1.54) is 0 Å². The van der Waals surface area contributed by atoms with Gasteiger partial charge >= 0.3 is 0 Å². The quantitative estimate of drug-likeness (QED) is 0.426. The maximum Gasteiger partial charge on any atom is 0.168 e. The molecular formula is C5H10O2. The van der Waals surface area contributed by atoms with Crippen molar-refractivity contribution in [1.29, 1.82) is 0 Å². The SMILES string of the molecule is CC1(C)CC1(O)O. The first-order valence-electron chi connectivity index (χ1n) is 2.40. The molecule has 0 aliphatic heterocycles. The largest absolute Gasteiger partial charge is 0.365 e. The van der Waals surface area contributed by atoms with E-state index in [2.05, 4.69) is 0 Å². The Bertz CT molecular complexity index is 82.3. The van der Waals surface area contributed by atoms with Crippen molar-refractivity contribution in [1.82, 2.24) is 0 Å². The van der Waals surface area contributed by atoms with E-state index >= 15 is 0 Å². The minimum Gasteiger partial charge on any atom is -0.365 e. The highest BCUT2D eigenvalue weighted by Crippen LogP contribution is 2.53. The van der Waals surface area contributed by atoms with Crippen LogP contribution in [-0.4, -0.2) is 16.0 Å². The number of hydrogen-bond acceptors (Lipinski definition) is 2. The average Bonchev–Trinajstić information content (AvgIpc) is 1.63. The van der Waals surface area contributed by atoms with Gasteiger partial charge in [-0.05, 0) is 0 Å². The first kappa shape index (κ1) is 5.06. The summed E-state index contributed by atoms with van der Waals surface area (Å²) < 4.78 is 0. The molecule has 2 nitrogen and oxygen atoms in total. The van der Waals surface area contributed by atoms with Gasteiger partial charge in [0.15, 0.2) is 5.79 Å². The second kappa shape index (κ2) is 0.858. The van der Waals surface area contributed by atoms with E-state index in [-0.39, 0.29) is 5.41 Å². The van der Waals surface area contributed by atoms with Crippen LogP contribution in [0.4, 0.5) is 0 Å². The summed E-state index contributed by atoms with van der Waals surface area (Å²) in [6, 6.07) is 0. The highest BCUT2D eigenvalue weighted by molar-refractivity contribution is 5.02. The molecule has 0 bridgehead atoms. The molecule has 2 N–H and O–H groups in total. The van der Waals surface area contributed by atoms with Crippen molar-refractivity contribution in [2.45, 2.75) is 26.1 Å². The Balaban J connectivity index is 2.59. The molecule has 2 heteroatoms. The molecule has 0 atom stereocenters. The maximum absolute atomic E-state index is 8.72. The first-order chi connectivity index (χ1) is 2.96.